The number of rotatable bonds is 6. The summed E-state index contributed by atoms with van der Waals surface area (Å²) in [6, 6.07) is 18.5. The highest BCUT2D eigenvalue weighted by Gasteiger charge is 2.44. The molecule has 1 unspecified atom stereocenters. The van der Waals surface area contributed by atoms with Crippen molar-refractivity contribution in [3.05, 3.63) is 60.2 Å². The van der Waals surface area contributed by atoms with E-state index in [0.29, 0.717) is 45.4 Å². The van der Waals surface area contributed by atoms with Crippen molar-refractivity contribution in [1.82, 2.24) is 15.1 Å². The van der Waals surface area contributed by atoms with E-state index in [9.17, 15) is 14.4 Å². The first kappa shape index (κ1) is 23.0. The molecule has 3 amide bonds. The molecular formula is C27H33N3O3. The van der Waals surface area contributed by atoms with Crippen LogP contribution in [0.3, 0.4) is 0 Å². The minimum absolute atomic E-state index is 0.0274. The molecule has 2 aliphatic heterocycles. The number of carbonyl (C=O) groups is 3. The lowest BCUT2D eigenvalue weighted by atomic mass is 9.71. The van der Waals surface area contributed by atoms with Gasteiger partial charge in [0.1, 0.15) is 0 Å². The fourth-order valence-corrected chi connectivity index (χ4v) is 5.21. The zero-order valence-corrected chi connectivity index (χ0v) is 19.5. The van der Waals surface area contributed by atoms with Crippen LogP contribution >= 0.6 is 0 Å². The van der Waals surface area contributed by atoms with Crippen molar-refractivity contribution in [2.45, 2.75) is 32.6 Å². The molecule has 6 heteroatoms. The Balaban J connectivity index is 1.54. The second kappa shape index (κ2) is 9.77. The maximum atomic E-state index is 13.3. The van der Waals surface area contributed by atoms with Crippen molar-refractivity contribution in [2.24, 2.45) is 11.3 Å². The highest BCUT2D eigenvalue weighted by Crippen LogP contribution is 2.39. The third-order valence-corrected chi connectivity index (χ3v) is 7.17. The minimum atomic E-state index is -0.556. The summed E-state index contributed by atoms with van der Waals surface area (Å²) < 4.78 is 0. The Morgan fingerprint density at radius 2 is 1.70 bits per heavy atom. The number of piperidine rings is 1. The third kappa shape index (κ3) is 4.80. The van der Waals surface area contributed by atoms with E-state index in [0.717, 1.165) is 16.7 Å². The molecule has 0 aliphatic carbocycles. The lowest BCUT2D eigenvalue weighted by molar-refractivity contribution is -0.143. The summed E-state index contributed by atoms with van der Waals surface area (Å²) in [4.78, 5) is 41.7. The Kier molecular flexibility index (Phi) is 6.82. The lowest BCUT2D eigenvalue weighted by Crippen LogP contribution is -2.52. The molecule has 0 aromatic heterocycles. The van der Waals surface area contributed by atoms with Crippen molar-refractivity contribution < 1.29 is 14.4 Å². The molecule has 2 aliphatic rings. The molecule has 0 spiro atoms. The number of nitrogens with zero attached hydrogens (tertiary/aromatic N) is 2. The van der Waals surface area contributed by atoms with E-state index in [1.54, 1.807) is 11.9 Å². The standard InChI is InChI=1S/C27H33N3O3/c1-3-28-26(33)27(18-21-11-7-8-12-23(21)20-9-5-4-6-10-20)13-15-30(16-14-27)25(32)22-17-24(31)29(2)19-22/h4-12,22H,3,13-19H2,1-2H3,(H,28,33). The van der Waals surface area contributed by atoms with Crippen molar-refractivity contribution in [3.63, 3.8) is 0 Å². The smallest absolute Gasteiger partial charge is 0.227 e. The van der Waals surface area contributed by atoms with Gasteiger partial charge in [-0.15, -0.1) is 0 Å². The first-order valence-corrected chi connectivity index (χ1v) is 11.9. The number of amides is 3. The van der Waals surface area contributed by atoms with Crippen molar-refractivity contribution in [2.75, 3.05) is 33.2 Å². The molecule has 0 saturated carbocycles. The van der Waals surface area contributed by atoms with Gasteiger partial charge in [0.15, 0.2) is 0 Å². The SMILES string of the molecule is CCNC(=O)C1(Cc2ccccc2-c2ccccc2)CCN(C(=O)C2CC(=O)N(C)C2)CC1. The van der Waals surface area contributed by atoms with Crippen LogP contribution in [0.5, 0.6) is 0 Å². The van der Waals surface area contributed by atoms with Crippen LogP contribution in [0.2, 0.25) is 0 Å². The van der Waals surface area contributed by atoms with Gasteiger partial charge in [0.05, 0.1) is 11.3 Å². The van der Waals surface area contributed by atoms with E-state index in [1.165, 1.54) is 0 Å². The van der Waals surface area contributed by atoms with Crippen molar-refractivity contribution in [1.29, 1.82) is 0 Å². The largest absolute Gasteiger partial charge is 0.356 e. The number of carbonyl (C=O) groups excluding carboxylic acids is 3. The van der Waals surface area contributed by atoms with E-state index in [1.807, 2.05) is 42.2 Å². The van der Waals surface area contributed by atoms with Crippen LogP contribution in [-0.4, -0.2) is 60.7 Å². The molecule has 33 heavy (non-hydrogen) atoms. The van der Waals surface area contributed by atoms with Crippen LogP contribution < -0.4 is 5.32 Å². The maximum Gasteiger partial charge on any atom is 0.227 e. The summed E-state index contributed by atoms with van der Waals surface area (Å²) in [6.07, 6.45) is 2.16. The fourth-order valence-electron chi connectivity index (χ4n) is 5.21. The first-order valence-electron chi connectivity index (χ1n) is 11.9. The quantitative estimate of drug-likeness (QED) is 0.740. The number of hydrogen-bond donors (Lipinski definition) is 1. The summed E-state index contributed by atoms with van der Waals surface area (Å²) in [5.74, 6) is -0.129. The topological polar surface area (TPSA) is 69.7 Å². The van der Waals surface area contributed by atoms with Crippen LogP contribution in [-0.2, 0) is 20.8 Å². The molecular weight excluding hydrogens is 414 g/mol. The Morgan fingerprint density at radius 3 is 2.33 bits per heavy atom. The molecule has 0 radical (unpaired) electrons. The average molecular weight is 448 g/mol. The molecule has 1 atom stereocenters. The van der Waals surface area contributed by atoms with Gasteiger partial charge in [0, 0.05) is 39.6 Å². The van der Waals surface area contributed by atoms with E-state index in [2.05, 4.69) is 29.6 Å². The van der Waals surface area contributed by atoms with Gasteiger partial charge in [-0.25, -0.2) is 0 Å². The van der Waals surface area contributed by atoms with Crippen LogP contribution in [0.15, 0.2) is 54.6 Å². The molecule has 2 fully saturated rings. The Bertz CT molecular complexity index is 1010. The van der Waals surface area contributed by atoms with Gasteiger partial charge in [0.2, 0.25) is 17.7 Å². The summed E-state index contributed by atoms with van der Waals surface area (Å²) >= 11 is 0. The third-order valence-electron chi connectivity index (χ3n) is 7.17. The second-order valence-corrected chi connectivity index (χ2v) is 9.34. The van der Waals surface area contributed by atoms with Crippen molar-refractivity contribution in [3.8, 4) is 11.1 Å². The molecule has 2 saturated heterocycles. The summed E-state index contributed by atoms with van der Waals surface area (Å²) in [5, 5.41) is 3.05. The van der Waals surface area contributed by atoms with Gasteiger partial charge in [0.25, 0.3) is 0 Å². The van der Waals surface area contributed by atoms with Gasteiger partial charge in [-0.1, -0.05) is 54.6 Å². The lowest BCUT2D eigenvalue weighted by Gasteiger charge is -2.41. The second-order valence-electron chi connectivity index (χ2n) is 9.34. The zero-order valence-electron chi connectivity index (χ0n) is 19.5. The van der Waals surface area contributed by atoms with E-state index >= 15 is 0 Å². The maximum absolute atomic E-state index is 13.3. The van der Waals surface area contributed by atoms with Gasteiger partial charge >= 0.3 is 0 Å². The molecule has 2 aromatic rings. The van der Waals surface area contributed by atoms with Crippen LogP contribution in [0, 0.1) is 11.3 Å². The van der Waals surface area contributed by atoms with Crippen LogP contribution in [0.1, 0.15) is 31.7 Å². The van der Waals surface area contributed by atoms with Gasteiger partial charge in [-0.05, 0) is 42.9 Å². The highest BCUT2D eigenvalue weighted by atomic mass is 16.2. The van der Waals surface area contributed by atoms with E-state index in [4.69, 9.17) is 0 Å². The summed E-state index contributed by atoms with van der Waals surface area (Å²) in [7, 11) is 1.75. The average Bonchev–Trinajstić information content (AvgIpc) is 3.18. The monoisotopic (exact) mass is 447 g/mol. The zero-order chi connectivity index (χ0) is 23.4. The fraction of sp³-hybridized carbons (Fsp3) is 0.444. The van der Waals surface area contributed by atoms with Gasteiger partial charge in [-0.2, -0.15) is 0 Å². The number of nitrogens with one attached hydrogen (secondary N) is 1. The van der Waals surface area contributed by atoms with Crippen LogP contribution in [0.4, 0.5) is 0 Å². The predicted molar refractivity (Wildman–Crippen MR) is 128 cm³/mol. The molecule has 174 valence electrons. The number of hydrogen-bond acceptors (Lipinski definition) is 3. The molecule has 1 N–H and O–H groups in total. The molecule has 6 nitrogen and oxygen atoms in total. The molecule has 4 rings (SSSR count). The van der Waals surface area contributed by atoms with Gasteiger partial charge in [-0.3, -0.25) is 14.4 Å². The Hall–Kier alpha value is -3.15. The number of likely N-dealkylation sites (tertiary alicyclic amines) is 2. The molecule has 2 aromatic carbocycles. The van der Waals surface area contributed by atoms with Crippen LogP contribution in [0.25, 0.3) is 11.1 Å². The number of benzene rings is 2. The van der Waals surface area contributed by atoms with E-state index < -0.39 is 5.41 Å². The van der Waals surface area contributed by atoms with Gasteiger partial charge < -0.3 is 15.1 Å². The Labute approximate surface area is 196 Å². The summed E-state index contributed by atoms with van der Waals surface area (Å²) in [5.41, 5.74) is 2.88. The summed E-state index contributed by atoms with van der Waals surface area (Å²) in [6.45, 7) is 4.09. The predicted octanol–water partition coefficient (Wildman–Crippen LogP) is 3.12. The minimum Gasteiger partial charge on any atom is -0.356 e. The molecule has 2 heterocycles. The van der Waals surface area contributed by atoms with Crippen molar-refractivity contribution >= 4 is 17.7 Å². The normalized spacial score (nSPS) is 20.1. The highest BCUT2D eigenvalue weighted by molar-refractivity contribution is 5.89. The van der Waals surface area contributed by atoms with E-state index in [-0.39, 0.29) is 30.1 Å². The Morgan fingerprint density at radius 1 is 1.03 bits per heavy atom. The molecule has 0 bridgehead atoms. The first-order chi connectivity index (χ1) is 15.9.